The molecule has 0 radical (unpaired) electrons. The highest BCUT2D eigenvalue weighted by molar-refractivity contribution is 9.10. The topological polar surface area (TPSA) is 48.1 Å². The highest BCUT2D eigenvalue weighted by Gasteiger charge is 2.00. The Hall–Kier alpha value is -1.55. The minimum atomic E-state index is 0.660. The molecular formula is C14H15BrN2O. The lowest BCUT2D eigenvalue weighted by atomic mass is 10.1. The van der Waals surface area contributed by atoms with Crippen molar-refractivity contribution in [2.75, 3.05) is 12.3 Å². The highest BCUT2D eigenvalue weighted by atomic mass is 79.9. The van der Waals surface area contributed by atoms with Crippen molar-refractivity contribution in [3.8, 4) is 5.75 Å². The molecule has 3 nitrogen and oxygen atoms in total. The SMILES string of the molecule is Nc1cc(Br)ccc1OCCCc1ccncc1. The highest BCUT2D eigenvalue weighted by Crippen LogP contribution is 2.25. The fourth-order valence-corrected chi connectivity index (χ4v) is 2.04. The number of benzene rings is 1. The van der Waals surface area contributed by atoms with Gasteiger partial charge in [-0.1, -0.05) is 15.9 Å². The molecule has 0 spiro atoms. The molecule has 4 heteroatoms. The third-order valence-electron chi connectivity index (χ3n) is 2.59. The van der Waals surface area contributed by atoms with Gasteiger partial charge in [-0.05, 0) is 48.7 Å². The largest absolute Gasteiger partial charge is 0.491 e. The van der Waals surface area contributed by atoms with E-state index in [9.17, 15) is 0 Å². The molecule has 1 aromatic heterocycles. The minimum absolute atomic E-state index is 0.660. The second kappa shape index (κ2) is 6.40. The Kier molecular flexibility index (Phi) is 4.59. The van der Waals surface area contributed by atoms with Crippen LogP contribution in [0.5, 0.6) is 5.75 Å². The first-order chi connectivity index (χ1) is 8.75. The molecule has 0 fully saturated rings. The number of ether oxygens (including phenoxy) is 1. The first-order valence-electron chi connectivity index (χ1n) is 5.82. The summed E-state index contributed by atoms with van der Waals surface area (Å²) in [5.74, 6) is 0.743. The standard InChI is InChI=1S/C14H15BrN2O/c15-12-3-4-14(13(16)10-12)18-9-1-2-11-5-7-17-8-6-11/h3-8,10H,1-2,9,16H2. The van der Waals surface area contributed by atoms with E-state index in [1.54, 1.807) is 0 Å². The van der Waals surface area contributed by atoms with E-state index >= 15 is 0 Å². The van der Waals surface area contributed by atoms with Crippen LogP contribution in [0.4, 0.5) is 5.69 Å². The molecule has 18 heavy (non-hydrogen) atoms. The van der Waals surface area contributed by atoms with Gasteiger partial charge in [-0.3, -0.25) is 4.98 Å². The third kappa shape index (κ3) is 3.74. The zero-order valence-electron chi connectivity index (χ0n) is 9.97. The molecule has 0 saturated heterocycles. The fourth-order valence-electron chi connectivity index (χ4n) is 1.66. The van der Waals surface area contributed by atoms with Gasteiger partial charge in [0.25, 0.3) is 0 Å². The van der Waals surface area contributed by atoms with E-state index in [0.29, 0.717) is 12.3 Å². The minimum Gasteiger partial charge on any atom is -0.491 e. The lowest BCUT2D eigenvalue weighted by Gasteiger charge is -2.09. The van der Waals surface area contributed by atoms with Crippen LogP contribution in [0.3, 0.4) is 0 Å². The predicted molar refractivity (Wildman–Crippen MR) is 76.6 cm³/mol. The first-order valence-corrected chi connectivity index (χ1v) is 6.62. The van der Waals surface area contributed by atoms with Crippen LogP contribution < -0.4 is 10.5 Å². The lowest BCUT2D eigenvalue weighted by Crippen LogP contribution is -2.01. The van der Waals surface area contributed by atoms with Crippen molar-refractivity contribution in [3.63, 3.8) is 0 Å². The maximum absolute atomic E-state index is 5.85. The van der Waals surface area contributed by atoms with E-state index in [1.165, 1.54) is 5.56 Å². The average Bonchev–Trinajstić information content (AvgIpc) is 2.38. The molecule has 0 unspecified atom stereocenters. The van der Waals surface area contributed by atoms with Gasteiger partial charge in [-0.25, -0.2) is 0 Å². The van der Waals surface area contributed by atoms with Gasteiger partial charge in [-0.15, -0.1) is 0 Å². The summed E-state index contributed by atoms with van der Waals surface area (Å²) in [5, 5.41) is 0. The second-order valence-corrected chi connectivity index (χ2v) is 4.91. The third-order valence-corrected chi connectivity index (χ3v) is 3.08. The van der Waals surface area contributed by atoms with E-state index in [0.717, 1.165) is 23.1 Å². The Morgan fingerprint density at radius 2 is 1.94 bits per heavy atom. The van der Waals surface area contributed by atoms with Crippen LogP contribution in [0, 0.1) is 0 Å². The molecule has 2 aromatic rings. The molecule has 0 bridgehead atoms. The van der Waals surface area contributed by atoms with Crippen LogP contribution in [-0.4, -0.2) is 11.6 Å². The van der Waals surface area contributed by atoms with Crippen molar-refractivity contribution in [2.45, 2.75) is 12.8 Å². The number of halogens is 1. The van der Waals surface area contributed by atoms with E-state index in [-0.39, 0.29) is 0 Å². The van der Waals surface area contributed by atoms with Crippen LogP contribution in [0.2, 0.25) is 0 Å². The van der Waals surface area contributed by atoms with Crippen LogP contribution in [0.25, 0.3) is 0 Å². The maximum atomic E-state index is 5.85. The number of nitrogens with zero attached hydrogens (tertiary/aromatic N) is 1. The van der Waals surface area contributed by atoms with Gasteiger partial charge in [-0.2, -0.15) is 0 Å². The van der Waals surface area contributed by atoms with Gasteiger partial charge in [0.2, 0.25) is 0 Å². The summed E-state index contributed by atoms with van der Waals surface area (Å²) in [5.41, 5.74) is 7.79. The van der Waals surface area contributed by atoms with Crippen LogP contribution in [-0.2, 0) is 6.42 Å². The molecule has 0 aliphatic heterocycles. The van der Waals surface area contributed by atoms with Crippen molar-refractivity contribution >= 4 is 21.6 Å². The van der Waals surface area contributed by atoms with Crippen molar-refractivity contribution in [1.82, 2.24) is 4.98 Å². The summed E-state index contributed by atoms with van der Waals surface area (Å²) in [6.07, 6.45) is 5.56. The summed E-state index contributed by atoms with van der Waals surface area (Å²) < 4.78 is 6.61. The number of nitrogen functional groups attached to an aromatic ring is 1. The number of pyridine rings is 1. The monoisotopic (exact) mass is 306 g/mol. The second-order valence-electron chi connectivity index (χ2n) is 3.99. The van der Waals surface area contributed by atoms with Crippen molar-refractivity contribution in [2.24, 2.45) is 0 Å². The number of anilines is 1. The van der Waals surface area contributed by atoms with Crippen molar-refractivity contribution in [1.29, 1.82) is 0 Å². The van der Waals surface area contributed by atoms with Crippen molar-refractivity contribution in [3.05, 3.63) is 52.8 Å². The van der Waals surface area contributed by atoms with E-state index < -0.39 is 0 Å². The number of rotatable bonds is 5. The Labute approximate surface area is 115 Å². The molecule has 94 valence electrons. The number of nitrogens with two attached hydrogens (primary N) is 1. The number of hydrogen-bond acceptors (Lipinski definition) is 3. The smallest absolute Gasteiger partial charge is 0.142 e. The van der Waals surface area contributed by atoms with Crippen LogP contribution >= 0.6 is 15.9 Å². The van der Waals surface area contributed by atoms with Crippen LogP contribution in [0.1, 0.15) is 12.0 Å². The molecule has 0 aliphatic rings. The van der Waals surface area contributed by atoms with Gasteiger partial charge < -0.3 is 10.5 Å². The van der Waals surface area contributed by atoms with E-state index in [4.69, 9.17) is 10.5 Å². The molecule has 0 aliphatic carbocycles. The molecule has 1 aromatic carbocycles. The quantitative estimate of drug-likeness (QED) is 0.680. The van der Waals surface area contributed by atoms with Crippen LogP contribution in [0.15, 0.2) is 47.2 Å². The zero-order valence-corrected chi connectivity index (χ0v) is 11.6. The van der Waals surface area contributed by atoms with Gasteiger partial charge >= 0.3 is 0 Å². The lowest BCUT2D eigenvalue weighted by molar-refractivity contribution is 0.312. The summed E-state index contributed by atoms with van der Waals surface area (Å²) in [7, 11) is 0. The molecule has 0 atom stereocenters. The predicted octanol–water partition coefficient (Wildman–Crippen LogP) is 3.44. The summed E-state index contributed by atoms with van der Waals surface area (Å²) in [6, 6.07) is 9.70. The molecule has 0 amide bonds. The molecule has 1 heterocycles. The maximum Gasteiger partial charge on any atom is 0.142 e. The van der Waals surface area contributed by atoms with Gasteiger partial charge in [0, 0.05) is 16.9 Å². The Bertz CT molecular complexity index is 502. The summed E-state index contributed by atoms with van der Waals surface area (Å²) in [4.78, 5) is 3.99. The van der Waals surface area contributed by atoms with Gasteiger partial charge in [0.05, 0.1) is 12.3 Å². The Morgan fingerprint density at radius 1 is 1.17 bits per heavy atom. The Morgan fingerprint density at radius 3 is 2.67 bits per heavy atom. The molecule has 2 rings (SSSR count). The Balaban J connectivity index is 1.79. The fraction of sp³-hybridized carbons (Fsp3) is 0.214. The normalized spacial score (nSPS) is 10.3. The van der Waals surface area contributed by atoms with Crippen molar-refractivity contribution < 1.29 is 4.74 Å². The average molecular weight is 307 g/mol. The molecule has 0 saturated carbocycles. The zero-order chi connectivity index (χ0) is 12.8. The number of hydrogen-bond donors (Lipinski definition) is 1. The van der Waals surface area contributed by atoms with Gasteiger partial charge in [0.1, 0.15) is 5.75 Å². The first kappa shape index (κ1) is 12.9. The summed E-state index contributed by atoms with van der Waals surface area (Å²) in [6.45, 7) is 0.661. The van der Waals surface area contributed by atoms with Gasteiger partial charge in [0.15, 0.2) is 0 Å². The number of aryl methyl sites for hydroxylation is 1. The number of aromatic nitrogens is 1. The van der Waals surface area contributed by atoms with E-state index in [2.05, 4.69) is 20.9 Å². The summed E-state index contributed by atoms with van der Waals surface area (Å²) >= 11 is 3.37. The van der Waals surface area contributed by atoms with E-state index in [1.807, 2.05) is 42.7 Å². The molecular weight excluding hydrogens is 292 g/mol. The molecule has 2 N–H and O–H groups in total.